The fourth-order valence-electron chi connectivity index (χ4n) is 4.35. The van der Waals surface area contributed by atoms with Crippen LogP contribution in [0.2, 0.25) is 5.02 Å². The smallest absolute Gasteiger partial charge is 0.336 e. The molecule has 2 atom stereocenters. The van der Waals surface area contributed by atoms with E-state index in [-0.39, 0.29) is 17.6 Å². The van der Waals surface area contributed by atoms with Crippen LogP contribution in [0, 0.1) is 0 Å². The van der Waals surface area contributed by atoms with Crippen LogP contribution >= 0.6 is 11.6 Å². The summed E-state index contributed by atoms with van der Waals surface area (Å²) < 4.78 is 3.24. The molecule has 2 aliphatic rings. The van der Waals surface area contributed by atoms with Gasteiger partial charge in [-0.3, -0.25) is 4.57 Å². The van der Waals surface area contributed by atoms with E-state index < -0.39 is 0 Å². The monoisotopic (exact) mass is 326 g/mol. The maximum absolute atomic E-state index is 12.9. The molecule has 23 heavy (non-hydrogen) atoms. The molecule has 2 aromatic carbocycles. The molecule has 1 aromatic heterocycles. The van der Waals surface area contributed by atoms with Crippen molar-refractivity contribution in [2.24, 2.45) is 0 Å². The normalized spacial score (nSPS) is 22.0. The first-order valence-corrected chi connectivity index (χ1v) is 8.28. The molecular formula is C18H15ClN2O2. The van der Waals surface area contributed by atoms with E-state index in [4.69, 9.17) is 11.6 Å². The van der Waals surface area contributed by atoms with E-state index in [2.05, 4.69) is 0 Å². The predicted molar refractivity (Wildman–Crippen MR) is 89.8 cm³/mol. The molecule has 1 saturated carbocycles. The van der Waals surface area contributed by atoms with Gasteiger partial charge in [-0.2, -0.15) is 0 Å². The lowest BCUT2D eigenvalue weighted by Gasteiger charge is -2.11. The molecule has 1 aliphatic heterocycles. The van der Waals surface area contributed by atoms with Crippen molar-refractivity contribution in [2.75, 3.05) is 0 Å². The van der Waals surface area contributed by atoms with Gasteiger partial charge in [-0.1, -0.05) is 35.9 Å². The Morgan fingerprint density at radius 2 is 1.87 bits per heavy atom. The topological polar surface area (TPSA) is 47.2 Å². The zero-order valence-electron chi connectivity index (χ0n) is 12.4. The van der Waals surface area contributed by atoms with Gasteiger partial charge < -0.3 is 5.11 Å². The molecule has 2 bridgehead atoms. The second kappa shape index (κ2) is 4.42. The number of benzene rings is 2. The molecule has 0 saturated heterocycles. The summed E-state index contributed by atoms with van der Waals surface area (Å²) >= 11 is 6.27. The Bertz CT molecular complexity index is 1020. The fraction of sp³-hybridized carbons (Fsp3) is 0.278. The molecule has 0 amide bonds. The van der Waals surface area contributed by atoms with Crippen LogP contribution in [-0.4, -0.2) is 14.2 Å². The molecule has 0 unspecified atom stereocenters. The summed E-state index contributed by atoms with van der Waals surface area (Å²) in [5.41, 5.74) is 1.36. The molecule has 3 aromatic rings. The van der Waals surface area contributed by atoms with E-state index in [0.29, 0.717) is 16.6 Å². The zero-order chi connectivity index (χ0) is 15.7. The van der Waals surface area contributed by atoms with Crippen LogP contribution in [-0.2, 0) is 0 Å². The van der Waals surface area contributed by atoms with Crippen molar-refractivity contribution in [2.45, 2.75) is 31.2 Å². The van der Waals surface area contributed by atoms with Crippen molar-refractivity contribution in [1.82, 2.24) is 9.13 Å². The van der Waals surface area contributed by atoms with Crippen LogP contribution in [0.5, 0.6) is 5.88 Å². The fourth-order valence-corrected chi connectivity index (χ4v) is 4.58. The van der Waals surface area contributed by atoms with Gasteiger partial charge in [0.25, 0.3) is 0 Å². The minimum atomic E-state index is -0.142. The maximum Gasteiger partial charge on any atom is 0.336 e. The largest absolute Gasteiger partial charge is 0.493 e. The third-order valence-corrected chi connectivity index (χ3v) is 5.67. The first kappa shape index (κ1) is 13.3. The van der Waals surface area contributed by atoms with Crippen molar-refractivity contribution in [1.29, 1.82) is 0 Å². The summed E-state index contributed by atoms with van der Waals surface area (Å²) in [7, 11) is 0. The molecule has 0 spiro atoms. The second-order valence-electron chi connectivity index (χ2n) is 6.47. The Morgan fingerprint density at radius 1 is 1.09 bits per heavy atom. The Morgan fingerprint density at radius 3 is 2.65 bits per heavy atom. The minimum absolute atomic E-state index is 0.0923. The van der Waals surface area contributed by atoms with E-state index in [9.17, 15) is 9.90 Å². The summed E-state index contributed by atoms with van der Waals surface area (Å²) in [6, 6.07) is 11.5. The summed E-state index contributed by atoms with van der Waals surface area (Å²) in [5.74, 6) is 0.405. The number of nitrogens with zero attached hydrogens (tertiary/aromatic N) is 2. The average Bonchev–Trinajstić information content (AvgIpc) is 3.24. The van der Waals surface area contributed by atoms with Gasteiger partial charge in [0.15, 0.2) is 0 Å². The summed E-state index contributed by atoms with van der Waals surface area (Å²) in [6.07, 6.45) is 3.08. The maximum atomic E-state index is 12.9. The molecule has 4 nitrogen and oxygen atoms in total. The molecule has 5 heteroatoms. The lowest BCUT2D eigenvalue weighted by molar-refractivity contribution is 0.428. The van der Waals surface area contributed by atoms with Crippen molar-refractivity contribution in [3.63, 3.8) is 0 Å². The second-order valence-corrected chi connectivity index (χ2v) is 6.88. The van der Waals surface area contributed by atoms with E-state index in [1.807, 2.05) is 30.3 Å². The first-order chi connectivity index (χ1) is 11.2. The summed E-state index contributed by atoms with van der Waals surface area (Å²) in [6.45, 7) is 0. The van der Waals surface area contributed by atoms with Crippen LogP contribution < -0.4 is 5.69 Å². The van der Waals surface area contributed by atoms with Crippen LogP contribution in [0.4, 0.5) is 0 Å². The number of aromatic nitrogens is 2. The lowest BCUT2D eigenvalue weighted by Crippen LogP contribution is -2.25. The van der Waals surface area contributed by atoms with Crippen molar-refractivity contribution in [3.8, 4) is 11.6 Å². The molecule has 0 radical (unpaired) electrons. The molecular weight excluding hydrogens is 312 g/mol. The Labute approximate surface area is 137 Å². The van der Waals surface area contributed by atoms with Gasteiger partial charge in [0.1, 0.15) is 0 Å². The SMILES string of the molecule is O=c1n(-c2ccc(Cl)c3ccccc23)c(O)c2n1[C@H]1CC[C@@H]2C1. The Kier molecular flexibility index (Phi) is 2.55. The first-order valence-electron chi connectivity index (χ1n) is 7.90. The number of halogens is 1. The van der Waals surface area contributed by atoms with Crippen LogP contribution in [0.1, 0.15) is 36.9 Å². The molecule has 1 N–H and O–H groups in total. The summed E-state index contributed by atoms with van der Waals surface area (Å²) in [5, 5.41) is 13.1. The van der Waals surface area contributed by atoms with Crippen molar-refractivity contribution in [3.05, 3.63) is 57.6 Å². The standard InChI is InChI=1S/C18H15ClN2O2/c19-14-7-8-15(13-4-2-1-3-12(13)14)21-17(22)16-10-5-6-11(9-10)20(16)18(21)23/h1-4,7-8,10-11,22H,5-6,9H2/t10-,11+/m1/s1. The number of aromatic hydroxyl groups is 1. The number of hydrogen-bond donors (Lipinski definition) is 1. The minimum Gasteiger partial charge on any atom is -0.493 e. The van der Waals surface area contributed by atoms with E-state index in [0.717, 1.165) is 35.7 Å². The van der Waals surface area contributed by atoms with Gasteiger partial charge >= 0.3 is 5.69 Å². The highest BCUT2D eigenvalue weighted by Crippen LogP contribution is 2.51. The average molecular weight is 327 g/mol. The molecule has 1 aliphatic carbocycles. The van der Waals surface area contributed by atoms with Gasteiger partial charge in [0.2, 0.25) is 5.88 Å². The Balaban J connectivity index is 1.86. The third-order valence-electron chi connectivity index (χ3n) is 5.34. The van der Waals surface area contributed by atoms with Gasteiger partial charge in [0.05, 0.1) is 11.4 Å². The molecule has 5 rings (SSSR count). The van der Waals surface area contributed by atoms with E-state index in [1.165, 1.54) is 4.57 Å². The molecule has 1 fully saturated rings. The predicted octanol–water partition coefficient (Wildman–Crippen LogP) is 3.97. The Hall–Kier alpha value is -2.20. The highest BCUT2D eigenvalue weighted by Gasteiger charge is 2.42. The summed E-state index contributed by atoms with van der Waals surface area (Å²) in [4.78, 5) is 12.9. The molecule has 2 heterocycles. The van der Waals surface area contributed by atoms with Crippen molar-refractivity contribution >= 4 is 22.4 Å². The number of fused-ring (bicyclic) bond motifs is 6. The number of hydrogen-bond acceptors (Lipinski definition) is 2. The van der Waals surface area contributed by atoms with Gasteiger partial charge in [0, 0.05) is 27.8 Å². The van der Waals surface area contributed by atoms with Crippen LogP contribution in [0.3, 0.4) is 0 Å². The third kappa shape index (κ3) is 1.59. The zero-order valence-corrected chi connectivity index (χ0v) is 13.1. The van der Waals surface area contributed by atoms with Gasteiger partial charge in [-0.15, -0.1) is 0 Å². The van der Waals surface area contributed by atoms with Crippen molar-refractivity contribution < 1.29 is 5.11 Å². The highest BCUT2D eigenvalue weighted by atomic mass is 35.5. The lowest BCUT2D eigenvalue weighted by atomic mass is 10.1. The van der Waals surface area contributed by atoms with E-state index in [1.54, 1.807) is 10.6 Å². The van der Waals surface area contributed by atoms with E-state index >= 15 is 0 Å². The van der Waals surface area contributed by atoms with Gasteiger partial charge in [-0.05, 0) is 31.4 Å². The number of imidazole rings is 1. The highest BCUT2D eigenvalue weighted by molar-refractivity contribution is 6.35. The number of rotatable bonds is 1. The quantitative estimate of drug-likeness (QED) is 0.735. The van der Waals surface area contributed by atoms with Crippen LogP contribution in [0.25, 0.3) is 16.5 Å². The molecule has 116 valence electrons. The van der Waals surface area contributed by atoms with Crippen LogP contribution in [0.15, 0.2) is 41.2 Å². The van der Waals surface area contributed by atoms with Gasteiger partial charge in [-0.25, -0.2) is 9.36 Å².